The Labute approximate surface area is 117 Å². The van der Waals surface area contributed by atoms with Gasteiger partial charge in [0.25, 0.3) is 0 Å². The summed E-state index contributed by atoms with van der Waals surface area (Å²) in [5.74, 6) is -2.00. The molecule has 0 spiro atoms. The van der Waals surface area contributed by atoms with Gasteiger partial charge in [-0.05, 0) is 12.3 Å². The summed E-state index contributed by atoms with van der Waals surface area (Å²) in [6.45, 7) is 3.90. The fraction of sp³-hybridized carbons (Fsp3) is 0.750. The molecular weight excluding hydrogens is 268 g/mol. The van der Waals surface area contributed by atoms with Gasteiger partial charge in [-0.1, -0.05) is 13.8 Å². The van der Waals surface area contributed by atoms with Crippen molar-refractivity contribution in [3.05, 3.63) is 0 Å². The van der Waals surface area contributed by atoms with Crippen molar-refractivity contribution in [3.8, 4) is 0 Å². The van der Waals surface area contributed by atoms with E-state index in [1.165, 1.54) is 0 Å². The van der Waals surface area contributed by atoms with Gasteiger partial charge in [-0.25, -0.2) is 4.79 Å². The molecule has 0 aliphatic heterocycles. The summed E-state index contributed by atoms with van der Waals surface area (Å²) >= 11 is 0. The van der Waals surface area contributed by atoms with Crippen molar-refractivity contribution in [2.45, 2.75) is 20.3 Å². The van der Waals surface area contributed by atoms with Crippen LogP contribution >= 0.6 is 0 Å². The molecule has 2 amide bonds. The summed E-state index contributed by atoms with van der Waals surface area (Å²) in [6.07, 6.45) is 0.915. The van der Waals surface area contributed by atoms with Crippen molar-refractivity contribution < 1.29 is 29.3 Å². The van der Waals surface area contributed by atoms with Gasteiger partial charge in [-0.3, -0.25) is 9.59 Å². The molecule has 0 fully saturated rings. The number of amides is 2. The van der Waals surface area contributed by atoms with Gasteiger partial charge in [0.15, 0.2) is 0 Å². The van der Waals surface area contributed by atoms with Crippen LogP contribution in [0.1, 0.15) is 20.3 Å². The maximum Gasteiger partial charge on any atom is 0.323 e. The number of hydrogen-bond acceptors (Lipinski definition) is 4. The molecule has 0 aromatic heterocycles. The first-order chi connectivity index (χ1) is 9.32. The maximum atomic E-state index is 11.6. The minimum Gasteiger partial charge on any atom is -0.480 e. The third kappa shape index (κ3) is 10.1. The van der Waals surface area contributed by atoms with Crippen molar-refractivity contribution in [1.29, 1.82) is 0 Å². The van der Waals surface area contributed by atoms with Crippen LogP contribution in [-0.2, 0) is 14.3 Å². The second-order valence-corrected chi connectivity index (χ2v) is 4.67. The van der Waals surface area contributed by atoms with Crippen molar-refractivity contribution >= 4 is 18.0 Å². The van der Waals surface area contributed by atoms with Gasteiger partial charge in [-0.2, -0.15) is 0 Å². The van der Waals surface area contributed by atoms with E-state index in [1.807, 2.05) is 0 Å². The number of urea groups is 1. The topological polar surface area (TPSA) is 116 Å². The Balaban J connectivity index is 3.94. The molecule has 0 saturated heterocycles. The van der Waals surface area contributed by atoms with Crippen LogP contribution in [0.15, 0.2) is 0 Å². The zero-order valence-electron chi connectivity index (χ0n) is 11.8. The first kappa shape index (κ1) is 18.2. The van der Waals surface area contributed by atoms with Gasteiger partial charge < -0.3 is 25.2 Å². The van der Waals surface area contributed by atoms with Crippen molar-refractivity contribution in [2.75, 3.05) is 32.8 Å². The third-order valence-corrected chi connectivity index (χ3v) is 2.30. The number of carbonyl (C=O) groups is 3. The van der Waals surface area contributed by atoms with Crippen LogP contribution in [-0.4, -0.2) is 65.9 Å². The fourth-order valence-electron chi connectivity index (χ4n) is 1.29. The summed E-state index contributed by atoms with van der Waals surface area (Å²) in [5, 5.41) is 19.6. The first-order valence-electron chi connectivity index (χ1n) is 6.37. The van der Waals surface area contributed by atoms with Gasteiger partial charge in [0.1, 0.15) is 13.1 Å². The van der Waals surface area contributed by atoms with Crippen LogP contribution in [0.3, 0.4) is 0 Å². The van der Waals surface area contributed by atoms with E-state index in [1.54, 1.807) is 0 Å². The predicted molar refractivity (Wildman–Crippen MR) is 70.5 cm³/mol. The van der Waals surface area contributed by atoms with Gasteiger partial charge in [0.2, 0.25) is 0 Å². The predicted octanol–water partition coefficient (Wildman–Crippen LogP) is 0.230. The summed E-state index contributed by atoms with van der Waals surface area (Å²) in [6, 6.07) is -0.734. The minimum atomic E-state index is -1.27. The van der Waals surface area contributed by atoms with E-state index < -0.39 is 31.1 Å². The summed E-state index contributed by atoms with van der Waals surface area (Å²) in [4.78, 5) is 33.4. The number of carboxylic acids is 2. The number of aliphatic carboxylic acids is 2. The van der Waals surface area contributed by atoms with Crippen LogP contribution in [0, 0.1) is 5.92 Å². The van der Waals surface area contributed by atoms with E-state index >= 15 is 0 Å². The number of ether oxygens (including phenoxy) is 1. The summed E-state index contributed by atoms with van der Waals surface area (Å²) in [5.41, 5.74) is 0. The Morgan fingerprint density at radius 3 is 2.10 bits per heavy atom. The Morgan fingerprint density at radius 2 is 1.65 bits per heavy atom. The molecule has 0 aliphatic rings. The molecule has 0 bridgehead atoms. The van der Waals surface area contributed by atoms with Gasteiger partial charge in [0, 0.05) is 13.2 Å². The number of nitrogens with zero attached hydrogens (tertiary/aromatic N) is 1. The molecule has 0 aromatic carbocycles. The Hall–Kier alpha value is -1.83. The van der Waals surface area contributed by atoms with E-state index in [-0.39, 0.29) is 6.54 Å². The molecule has 3 N–H and O–H groups in total. The lowest BCUT2D eigenvalue weighted by atomic mass is 10.1. The number of nitrogens with one attached hydrogen (secondary N) is 1. The average molecular weight is 290 g/mol. The molecule has 0 rings (SSSR count). The highest BCUT2D eigenvalue weighted by atomic mass is 16.5. The molecule has 20 heavy (non-hydrogen) atoms. The second-order valence-electron chi connectivity index (χ2n) is 4.67. The SMILES string of the molecule is CC(C)CCOCCNC(=O)N(CC(=O)O)CC(=O)O. The Kier molecular flexibility index (Phi) is 9.10. The highest BCUT2D eigenvalue weighted by Crippen LogP contribution is 1.98. The van der Waals surface area contributed by atoms with Crippen molar-refractivity contribution in [2.24, 2.45) is 5.92 Å². The molecule has 8 nitrogen and oxygen atoms in total. The van der Waals surface area contributed by atoms with Gasteiger partial charge in [0.05, 0.1) is 6.61 Å². The number of rotatable bonds is 10. The molecule has 0 unspecified atom stereocenters. The zero-order chi connectivity index (χ0) is 15.5. The zero-order valence-corrected chi connectivity index (χ0v) is 11.8. The molecule has 0 radical (unpaired) electrons. The highest BCUT2D eigenvalue weighted by molar-refractivity contribution is 5.84. The van der Waals surface area contributed by atoms with E-state index in [0.717, 1.165) is 6.42 Å². The van der Waals surface area contributed by atoms with E-state index in [4.69, 9.17) is 14.9 Å². The molecule has 0 atom stereocenters. The largest absolute Gasteiger partial charge is 0.480 e. The molecule has 116 valence electrons. The average Bonchev–Trinajstić information content (AvgIpc) is 2.30. The first-order valence-corrected chi connectivity index (χ1v) is 6.37. The van der Waals surface area contributed by atoms with Crippen molar-refractivity contribution in [3.63, 3.8) is 0 Å². The van der Waals surface area contributed by atoms with Gasteiger partial charge in [-0.15, -0.1) is 0 Å². The molecule has 0 saturated carbocycles. The molecule has 8 heteroatoms. The smallest absolute Gasteiger partial charge is 0.323 e. The third-order valence-electron chi connectivity index (χ3n) is 2.30. The summed E-state index contributed by atoms with van der Waals surface area (Å²) < 4.78 is 5.27. The molecular formula is C12H22N2O6. The Morgan fingerprint density at radius 1 is 1.10 bits per heavy atom. The lowest BCUT2D eigenvalue weighted by molar-refractivity contribution is -0.140. The lowest BCUT2D eigenvalue weighted by Gasteiger charge is -2.19. The lowest BCUT2D eigenvalue weighted by Crippen LogP contribution is -2.46. The number of carboxylic acid groups (broad SMARTS) is 2. The highest BCUT2D eigenvalue weighted by Gasteiger charge is 2.18. The second kappa shape index (κ2) is 10.0. The van der Waals surface area contributed by atoms with Crippen LogP contribution < -0.4 is 5.32 Å². The quantitative estimate of drug-likeness (QED) is 0.496. The minimum absolute atomic E-state index is 0.201. The Bertz CT molecular complexity index is 316. The van der Waals surface area contributed by atoms with Gasteiger partial charge >= 0.3 is 18.0 Å². The van der Waals surface area contributed by atoms with E-state index in [2.05, 4.69) is 19.2 Å². The summed E-state index contributed by atoms with van der Waals surface area (Å²) in [7, 11) is 0. The fourth-order valence-corrected chi connectivity index (χ4v) is 1.29. The van der Waals surface area contributed by atoms with Crippen LogP contribution in [0.2, 0.25) is 0 Å². The number of carbonyl (C=O) groups excluding carboxylic acids is 1. The van der Waals surface area contributed by atoms with Crippen molar-refractivity contribution in [1.82, 2.24) is 10.2 Å². The molecule has 0 aromatic rings. The molecule has 0 heterocycles. The van der Waals surface area contributed by atoms with Crippen LogP contribution in [0.5, 0.6) is 0 Å². The van der Waals surface area contributed by atoms with Crippen LogP contribution in [0.4, 0.5) is 4.79 Å². The monoisotopic (exact) mass is 290 g/mol. The van der Waals surface area contributed by atoms with Crippen LogP contribution in [0.25, 0.3) is 0 Å². The standard InChI is InChI=1S/C12H22N2O6/c1-9(2)3-5-20-6-4-13-12(19)14(7-10(15)16)8-11(17)18/h9H,3-8H2,1-2H3,(H,13,19)(H,15,16)(H,17,18). The van der Waals surface area contributed by atoms with E-state index in [9.17, 15) is 14.4 Å². The normalized spacial score (nSPS) is 10.3. The van der Waals surface area contributed by atoms with E-state index in [0.29, 0.717) is 24.0 Å². The molecule has 0 aliphatic carbocycles. The maximum absolute atomic E-state index is 11.6. The number of hydrogen-bond donors (Lipinski definition) is 3.